The Kier molecular flexibility index (Phi) is 7.46. The van der Waals surface area contributed by atoms with E-state index in [0.29, 0.717) is 5.02 Å². The van der Waals surface area contributed by atoms with Gasteiger partial charge in [-0.15, -0.1) is 0 Å². The molecule has 2 aromatic rings. The Morgan fingerprint density at radius 1 is 1.18 bits per heavy atom. The van der Waals surface area contributed by atoms with Gasteiger partial charge in [0.2, 0.25) is 0 Å². The molecule has 2 aromatic carbocycles. The Labute approximate surface area is 175 Å². The van der Waals surface area contributed by atoms with E-state index in [0.717, 1.165) is 12.1 Å². The number of hydrogen-bond acceptors (Lipinski definition) is 4. The number of carbonyl (C=O) groups is 1. The van der Waals surface area contributed by atoms with Crippen LogP contribution in [0.1, 0.15) is 37.6 Å². The number of nitrogens with one attached hydrogen (secondary N) is 2. The molecular formula is C19H21Cl2N3O3S. The lowest BCUT2D eigenvalue weighted by molar-refractivity contribution is 0.0954. The molecule has 0 heterocycles. The molecule has 0 saturated carbocycles. The molecule has 28 heavy (non-hydrogen) atoms. The highest BCUT2D eigenvalue weighted by atomic mass is 35.5. The summed E-state index contributed by atoms with van der Waals surface area (Å²) >= 11 is 11.9. The molecule has 0 aliphatic heterocycles. The first-order valence-corrected chi connectivity index (χ1v) is 10.8. The van der Waals surface area contributed by atoms with E-state index in [1.807, 2.05) is 20.8 Å². The largest absolute Gasteiger partial charge is 0.278 e. The van der Waals surface area contributed by atoms with Gasteiger partial charge in [-0.05, 0) is 55.7 Å². The highest BCUT2D eigenvalue weighted by molar-refractivity contribution is 7.92. The zero-order valence-corrected chi connectivity index (χ0v) is 18.0. The van der Waals surface area contributed by atoms with Gasteiger partial charge in [0.15, 0.2) is 0 Å². The van der Waals surface area contributed by atoms with Gasteiger partial charge in [0, 0.05) is 16.3 Å². The number of sulfonamides is 1. The van der Waals surface area contributed by atoms with Gasteiger partial charge in [0.05, 0.1) is 15.6 Å². The predicted octanol–water partition coefficient (Wildman–Crippen LogP) is 4.95. The summed E-state index contributed by atoms with van der Waals surface area (Å²) in [5.74, 6) is -0.265. The van der Waals surface area contributed by atoms with E-state index in [2.05, 4.69) is 15.2 Å². The summed E-state index contributed by atoms with van der Waals surface area (Å²) in [6, 6.07) is 10.1. The average molecular weight is 442 g/mol. The van der Waals surface area contributed by atoms with Gasteiger partial charge < -0.3 is 0 Å². The molecule has 150 valence electrons. The quantitative estimate of drug-likeness (QED) is 0.470. The van der Waals surface area contributed by atoms with Crippen molar-refractivity contribution in [2.45, 2.75) is 32.1 Å². The van der Waals surface area contributed by atoms with Gasteiger partial charge in [0.25, 0.3) is 15.9 Å². The molecule has 0 spiro atoms. The number of rotatable bonds is 7. The van der Waals surface area contributed by atoms with Crippen LogP contribution < -0.4 is 10.1 Å². The third-order valence-electron chi connectivity index (χ3n) is 4.24. The fourth-order valence-corrected chi connectivity index (χ4v) is 3.70. The monoisotopic (exact) mass is 441 g/mol. The summed E-state index contributed by atoms with van der Waals surface area (Å²) in [5, 5.41) is 4.62. The molecule has 6 nitrogen and oxygen atoms in total. The Bertz CT molecular complexity index is 1010. The fraction of sp³-hybridized carbons (Fsp3) is 0.263. The number of hydrazone groups is 1. The van der Waals surface area contributed by atoms with Gasteiger partial charge in [-0.1, -0.05) is 43.1 Å². The average Bonchev–Trinajstić information content (AvgIpc) is 2.67. The van der Waals surface area contributed by atoms with Crippen molar-refractivity contribution in [3.8, 4) is 0 Å². The standard InChI is InChI=1S/C19H21Cl2N3O3S/c1-4-12(2)13(3)22-23-19(25)14-6-5-7-16(10-14)28(26,27)24-18-11-15(20)8-9-17(18)21/h5-12,24H,4H2,1-3H3,(H,23,25)/b22-13+. The lowest BCUT2D eigenvalue weighted by Gasteiger charge is -2.11. The van der Waals surface area contributed by atoms with Crippen molar-refractivity contribution >= 4 is 50.5 Å². The molecular weight excluding hydrogens is 421 g/mol. The molecule has 9 heteroatoms. The maximum Gasteiger partial charge on any atom is 0.271 e. The maximum atomic E-state index is 12.7. The Balaban J connectivity index is 2.24. The van der Waals surface area contributed by atoms with Gasteiger partial charge in [0.1, 0.15) is 0 Å². The normalized spacial score (nSPS) is 13.1. The molecule has 0 saturated heterocycles. The first kappa shape index (κ1) is 22.2. The van der Waals surface area contributed by atoms with Crippen molar-refractivity contribution in [1.82, 2.24) is 5.43 Å². The van der Waals surface area contributed by atoms with Crippen LogP contribution >= 0.6 is 23.2 Å². The van der Waals surface area contributed by atoms with E-state index in [1.54, 1.807) is 6.07 Å². The molecule has 0 bridgehead atoms. The van der Waals surface area contributed by atoms with E-state index in [9.17, 15) is 13.2 Å². The summed E-state index contributed by atoms with van der Waals surface area (Å²) in [6.45, 7) is 5.86. The zero-order valence-electron chi connectivity index (χ0n) is 15.7. The molecule has 0 aliphatic rings. The highest BCUT2D eigenvalue weighted by Crippen LogP contribution is 2.27. The van der Waals surface area contributed by atoms with Crippen LogP contribution in [0.25, 0.3) is 0 Å². The number of halogens is 2. The molecule has 1 atom stereocenters. The van der Waals surface area contributed by atoms with Crippen LogP contribution in [0, 0.1) is 5.92 Å². The third-order valence-corrected chi connectivity index (χ3v) is 6.17. The highest BCUT2D eigenvalue weighted by Gasteiger charge is 2.18. The van der Waals surface area contributed by atoms with Crippen LogP contribution in [-0.2, 0) is 10.0 Å². The minimum atomic E-state index is -3.97. The number of anilines is 1. The zero-order chi connectivity index (χ0) is 20.9. The second-order valence-corrected chi connectivity index (χ2v) is 8.79. The van der Waals surface area contributed by atoms with E-state index in [1.165, 1.54) is 36.4 Å². The predicted molar refractivity (Wildman–Crippen MR) is 114 cm³/mol. The topological polar surface area (TPSA) is 87.6 Å². The molecule has 0 radical (unpaired) electrons. The van der Waals surface area contributed by atoms with Gasteiger partial charge in [-0.2, -0.15) is 5.10 Å². The van der Waals surface area contributed by atoms with Crippen LogP contribution in [0.5, 0.6) is 0 Å². The molecule has 0 fully saturated rings. The smallest absolute Gasteiger partial charge is 0.271 e. The van der Waals surface area contributed by atoms with Crippen molar-refractivity contribution < 1.29 is 13.2 Å². The van der Waals surface area contributed by atoms with E-state index >= 15 is 0 Å². The third kappa shape index (κ3) is 5.70. The summed E-state index contributed by atoms with van der Waals surface area (Å²) in [6.07, 6.45) is 0.899. The maximum absolute atomic E-state index is 12.7. The lowest BCUT2D eigenvalue weighted by Crippen LogP contribution is -2.21. The fourth-order valence-electron chi connectivity index (χ4n) is 2.19. The van der Waals surface area contributed by atoms with Crippen LogP contribution in [-0.4, -0.2) is 20.0 Å². The number of hydrogen-bond donors (Lipinski definition) is 2. The van der Waals surface area contributed by atoms with Crippen LogP contribution in [0.15, 0.2) is 52.5 Å². The molecule has 1 unspecified atom stereocenters. The summed E-state index contributed by atoms with van der Waals surface area (Å²) < 4.78 is 27.7. The number of amides is 1. The molecule has 0 aromatic heterocycles. The van der Waals surface area contributed by atoms with Crippen molar-refractivity contribution in [2.24, 2.45) is 11.0 Å². The second kappa shape index (κ2) is 9.41. The summed E-state index contributed by atoms with van der Waals surface area (Å²) in [5.41, 5.74) is 3.56. The molecule has 1 amide bonds. The van der Waals surface area contributed by atoms with E-state index < -0.39 is 15.9 Å². The number of nitrogens with zero attached hydrogens (tertiary/aromatic N) is 1. The van der Waals surface area contributed by atoms with E-state index in [-0.39, 0.29) is 27.1 Å². The van der Waals surface area contributed by atoms with Gasteiger partial charge >= 0.3 is 0 Å². The summed E-state index contributed by atoms with van der Waals surface area (Å²) in [7, 11) is -3.97. The van der Waals surface area contributed by atoms with E-state index in [4.69, 9.17) is 23.2 Å². The number of benzene rings is 2. The lowest BCUT2D eigenvalue weighted by atomic mass is 10.1. The minimum Gasteiger partial charge on any atom is -0.278 e. The van der Waals surface area contributed by atoms with Crippen molar-refractivity contribution in [2.75, 3.05) is 4.72 Å². The van der Waals surface area contributed by atoms with Crippen LogP contribution in [0.2, 0.25) is 10.0 Å². The molecule has 0 aliphatic carbocycles. The first-order valence-electron chi connectivity index (χ1n) is 8.56. The number of carbonyl (C=O) groups excluding carboxylic acids is 1. The SMILES string of the molecule is CCC(C)/C(C)=N/NC(=O)c1cccc(S(=O)(=O)Nc2cc(Cl)ccc2Cl)c1. The minimum absolute atomic E-state index is 0.0844. The second-order valence-electron chi connectivity index (χ2n) is 6.26. The molecule has 2 N–H and O–H groups in total. The summed E-state index contributed by atoms with van der Waals surface area (Å²) in [4.78, 5) is 12.2. The van der Waals surface area contributed by atoms with Crippen molar-refractivity contribution in [3.05, 3.63) is 58.1 Å². The Morgan fingerprint density at radius 3 is 2.57 bits per heavy atom. The van der Waals surface area contributed by atoms with Crippen LogP contribution in [0.3, 0.4) is 0 Å². The molecule has 2 rings (SSSR count). The van der Waals surface area contributed by atoms with Crippen LogP contribution in [0.4, 0.5) is 5.69 Å². The van der Waals surface area contributed by atoms with Gasteiger partial charge in [-0.25, -0.2) is 13.8 Å². The Morgan fingerprint density at radius 2 is 1.89 bits per heavy atom. The first-order chi connectivity index (χ1) is 13.1. The Hall–Kier alpha value is -2.09. The van der Waals surface area contributed by atoms with Crippen molar-refractivity contribution in [1.29, 1.82) is 0 Å². The van der Waals surface area contributed by atoms with Crippen molar-refractivity contribution in [3.63, 3.8) is 0 Å². The van der Waals surface area contributed by atoms with Gasteiger partial charge in [-0.3, -0.25) is 9.52 Å².